The van der Waals surface area contributed by atoms with Gasteiger partial charge >= 0.3 is 0 Å². The Morgan fingerprint density at radius 3 is 2.89 bits per heavy atom. The van der Waals surface area contributed by atoms with E-state index < -0.39 is 0 Å². The van der Waals surface area contributed by atoms with Crippen LogP contribution in [0.5, 0.6) is 0 Å². The first kappa shape index (κ1) is 14.0. The van der Waals surface area contributed by atoms with Gasteiger partial charge in [0.15, 0.2) is 0 Å². The summed E-state index contributed by atoms with van der Waals surface area (Å²) in [4.78, 5) is 11.5. The first-order valence-electron chi connectivity index (χ1n) is 6.94. The second-order valence-electron chi connectivity index (χ2n) is 4.95. The average molecular weight is 262 g/mol. The smallest absolute Gasteiger partial charge is 0.221 e. The summed E-state index contributed by atoms with van der Waals surface area (Å²) in [5, 5.41) is 2.95. The van der Waals surface area contributed by atoms with E-state index in [-0.39, 0.29) is 12.0 Å². The van der Waals surface area contributed by atoms with E-state index in [1.807, 2.05) is 18.2 Å². The minimum absolute atomic E-state index is 0.0277. The van der Waals surface area contributed by atoms with Crippen molar-refractivity contribution in [2.45, 2.75) is 25.4 Å². The summed E-state index contributed by atoms with van der Waals surface area (Å²) in [5.74, 6) is 0.373. The fraction of sp³-hybridized carbons (Fsp3) is 0.533. The first-order chi connectivity index (χ1) is 9.31. The topological polar surface area (TPSA) is 64.4 Å². The van der Waals surface area contributed by atoms with Gasteiger partial charge in [-0.2, -0.15) is 0 Å². The molecule has 0 aliphatic carbocycles. The SMILES string of the molecule is NCCC(=O)NCC1CCCOC1c1ccccc1. The van der Waals surface area contributed by atoms with Crippen molar-refractivity contribution in [2.75, 3.05) is 19.7 Å². The van der Waals surface area contributed by atoms with Crippen molar-refractivity contribution < 1.29 is 9.53 Å². The molecule has 1 saturated heterocycles. The Morgan fingerprint density at radius 2 is 2.16 bits per heavy atom. The molecular weight excluding hydrogens is 240 g/mol. The second kappa shape index (κ2) is 7.26. The molecular formula is C15H22N2O2. The Hall–Kier alpha value is -1.39. The molecule has 4 nitrogen and oxygen atoms in total. The maximum Gasteiger partial charge on any atom is 0.221 e. The molecule has 0 saturated carbocycles. The number of hydrogen-bond acceptors (Lipinski definition) is 3. The van der Waals surface area contributed by atoms with Crippen LogP contribution in [0.3, 0.4) is 0 Å². The van der Waals surface area contributed by atoms with Crippen LogP contribution >= 0.6 is 0 Å². The number of ether oxygens (including phenoxy) is 1. The van der Waals surface area contributed by atoms with Crippen LogP contribution in [0.15, 0.2) is 30.3 Å². The molecule has 3 N–H and O–H groups in total. The minimum Gasteiger partial charge on any atom is -0.373 e. The van der Waals surface area contributed by atoms with E-state index in [2.05, 4.69) is 17.4 Å². The summed E-state index contributed by atoms with van der Waals surface area (Å²) in [6.45, 7) is 1.86. The lowest BCUT2D eigenvalue weighted by molar-refractivity contribution is -0.121. The lowest BCUT2D eigenvalue weighted by atomic mass is 9.89. The van der Waals surface area contributed by atoms with Crippen molar-refractivity contribution in [3.8, 4) is 0 Å². The molecule has 1 aromatic carbocycles. The molecule has 0 aromatic heterocycles. The second-order valence-corrected chi connectivity index (χ2v) is 4.95. The molecule has 104 valence electrons. The van der Waals surface area contributed by atoms with Gasteiger partial charge in [0.25, 0.3) is 0 Å². The predicted octanol–water partition coefficient (Wildman–Crippen LogP) is 1.62. The Bertz CT molecular complexity index is 394. The van der Waals surface area contributed by atoms with Crippen molar-refractivity contribution in [3.63, 3.8) is 0 Å². The van der Waals surface area contributed by atoms with E-state index in [9.17, 15) is 4.79 Å². The first-order valence-corrected chi connectivity index (χ1v) is 6.94. The van der Waals surface area contributed by atoms with Gasteiger partial charge in [-0.1, -0.05) is 30.3 Å². The number of amides is 1. The maximum atomic E-state index is 11.5. The van der Waals surface area contributed by atoms with Crippen LogP contribution in [0.2, 0.25) is 0 Å². The molecule has 19 heavy (non-hydrogen) atoms. The number of hydrogen-bond donors (Lipinski definition) is 2. The molecule has 2 rings (SSSR count). The zero-order valence-corrected chi connectivity index (χ0v) is 11.2. The van der Waals surface area contributed by atoms with Gasteiger partial charge in [0, 0.05) is 32.0 Å². The summed E-state index contributed by atoms with van der Waals surface area (Å²) in [6.07, 6.45) is 2.63. The normalized spacial score (nSPS) is 23.0. The Kier molecular flexibility index (Phi) is 5.36. The highest BCUT2D eigenvalue weighted by molar-refractivity contribution is 5.76. The van der Waals surface area contributed by atoms with Crippen molar-refractivity contribution >= 4 is 5.91 Å². The molecule has 1 aliphatic rings. The van der Waals surface area contributed by atoms with Gasteiger partial charge in [-0.05, 0) is 18.4 Å². The fourth-order valence-corrected chi connectivity index (χ4v) is 2.53. The maximum absolute atomic E-state index is 11.5. The molecule has 0 bridgehead atoms. The molecule has 1 aromatic rings. The lowest BCUT2D eigenvalue weighted by Crippen LogP contribution is -2.35. The number of benzene rings is 1. The Balaban J connectivity index is 1.95. The summed E-state index contributed by atoms with van der Waals surface area (Å²) >= 11 is 0. The fourth-order valence-electron chi connectivity index (χ4n) is 2.53. The molecule has 0 radical (unpaired) electrons. The molecule has 2 unspecified atom stereocenters. The van der Waals surface area contributed by atoms with Crippen molar-refractivity contribution in [3.05, 3.63) is 35.9 Å². The van der Waals surface area contributed by atoms with Crippen LogP contribution < -0.4 is 11.1 Å². The molecule has 1 heterocycles. The lowest BCUT2D eigenvalue weighted by Gasteiger charge is -2.32. The van der Waals surface area contributed by atoms with Crippen molar-refractivity contribution in [1.82, 2.24) is 5.32 Å². The van der Waals surface area contributed by atoms with Gasteiger partial charge in [-0.3, -0.25) is 4.79 Å². The number of carbonyl (C=O) groups excluding carboxylic acids is 1. The third-order valence-electron chi connectivity index (χ3n) is 3.51. The molecule has 1 fully saturated rings. The monoisotopic (exact) mass is 262 g/mol. The van der Waals surface area contributed by atoms with Crippen LogP contribution in [-0.4, -0.2) is 25.6 Å². The predicted molar refractivity (Wildman–Crippen MR) is 74.5 cm³/mol. The molecule has 1 amide bonds. The zero-order valence-electron chi connectivity index (χ0n) is 11.2. The highest BCUT2D eigenvalue weighted by Crippen LogP contribution is 2.32. The molecule has 2 atom stereocenters. The molecule has 4 heteroatoms. The van der Waals surface area contributed by atoms with E-state index in [1.54, 1.807) is 0 Å². The van der Waals surface area contributed by atoms with E-state index >= 15 is 0 Å². The van der Waals surface area contributed by atoms with Gasteiger partial charge in [0.2, 0.25) is 5.91 Å². The standard InChI is InChI=1S/C15H22N2O2/c16-9-8-14(18)17-11-13-7-4-10-19-15(13)12-5-2-1-3-6-12/h1-3,5-6,13,15H,4,7-11,16H2,(H,17,18). The van der Waals surface area contributed by atoms with Crippen molar-refractivity contribution in [2.24, 2.45) is 11.7 Å². The Labute approximate surface area is 114 Å². The van der Waals surface area contributed by atoms with Crippen LogP contribution in [0, 0.1) is 5.92 Å². The number of nitrogens with one attached hydrogen (secondary N) is 1. The highest BCUT2D eigenvalue weighted by Gasteiger charge is 2.27. The van der Waals surface area contributed by atoms with Crippen LogP contribution in [0.4, 0.5) is 0 Å². The van der Waals surface area contributed by atoms with Gasteiger partial charge in [-0.25, -0.2) is 0 Å². The number of rotatable bonds is 5. The van der Waals surface area contributed by atoms with Crippen LogP contribution in [0.25, 0.3) is 0 Å². The summed E-state index contributed by atoms with van der Waals surface area (Å²) in [6, 6.07) is 10.2. The minimum atomic E-state index is 0.0277. The van der Waals surface area contributed by atoms with Crippen LogP contribution in [0.1, 0.15) is 30.9 Å². The largest absolute Gasteiger partial charge is 0.373 e. The quantitative estimate of drug-likeness (QED) is 0.847. The van der Waals surface area contributed by atoms with Gasteiger partial charge in [0.05, 0.1) is 6.10 Å². The number of nitrogens with two attached hydrogens (primary N) is 1. The van der Waals surface area contributed by atoms with E-state index in [0.717, 1.165) is 19.4 Å². The third-order valence-corrected chi connectivity index (χ3v) is 3.51. The van der Waals surface area contributed by atoms with E-state index in [0.29, 0.717) is 25.4 Å². The molecule has 1 aliphatic heterocycles. The van der Waals surface area contributed by atoms with Gasteiger partial charge in [-0.15, -0.1) is 0 Å². The summed E-state index contributed by atoms with van der Waals surface area (Å²) < 4.78 is 5.89. The Morgan fingerprint density at radius 1 is 1.37 bits per heavy atom. The zero-order chi connectivity index (χ0) is 13.5. The van der Waals surface area contributed by atoms with Crippen molar-refractivity contribution in [1.29, 1.82) is 0 Å². The van der Waals surface area contributed by atoms with Crippen LogP contribution in [-0.2, 0) is 9.53 Å². The number of carbonyl (C=O) groups is 1. The summed E-state index contributed by atoms with van der Waals surface area (Å²) in [7, 11) is 0. The van der Waals surface area contributed by atoms with Gasteiger partial charge in [0.1, 0.15) is 0 Å². The van der Waals surface area contributed by atoms with E-state index in [1.165, 1.54) is 5.56 Å². The molecule has 0 spiro atoms. The van der Waals surface area contributed by atoms with Gasteiger partial charge < -0.3 is 15.8 Å². The van der Waals surface area contributed by atoms with E-state index in [4.69, 9.17) is 10.5 Å². The average Bonchev–Trinajstić information content (AvgIpc) is 2.47. The summed E-state index contributed by atoms with van der Waals surface area (Å²) in [5.41, 5.74) is 6.57. The third kappa shape index (κ3) is 4.04. The highest BCUT2D eigenvalue weighted by atomic mass is 16.5.